The first-order chi connectivity index (χ1) is 8.94. The van der Waals surface area contributed by atoms with Gasteiger partial charge in [0.05, 0.1) is 0 Å². The van der Waals surface area contributed by atoms with Gasteiger partial charge in [0.2, 0.25) is 5.91 Å². The second-order valence-electron chi connectivity index (χ2n) is 3.38. The fourth-order valence-corrected chi connectivity index (χ4v) is 1.69. The molecule has 1 amide bonds. The van der Waals surface area contributed by atoms with E-state index in [0.717, 1.165) is 6.92 Å². The number of hydrogen-bond donors (Lipinski definition) is 1. The van der Waals surface area contributed by atoms with Crippen molar-refractivity contribution >= 4 is 16.1 Å². The Morgan fingerprint density at radius 1 is 1.32 bits per heavy atom. The van der Waals surface area contributed by atoms with E-state index in [1.807, 2.05) is 0 Å². The van der Waals surface area contributed by atoms with Crippen LogP contribution in [0.25, 0.3) is 0 Å². The Kier molecular flexibility index (Phi) is 5.39. The van der Waals surface area contributed by atoms with Gasteiger partial charge in [-0.15, -0.1) is 0 Å². The third kappa shape index (κ3) is 5.44. The van der Waals surface area contributed by atoms with Crippen LogP contribution in [0, 0.1) is 0 Å². The molecule has 1 aromatic carbocycles. The second-order valence-corrected chi connectivity index (χ2v) is 4.70. The SMILES string of the molecule is COC(ON=NS(=O)(=O)NC(C)=O)c1ccccc1. The van der Waals surface area contributed by atoms with Gasteiger partial charge in [-0.3, -0.25) is 4.79 Å². The molecule has 0 aliphatic rings. The molecule has 0 saturated heterocycles. The normalized spacial score (nSPS) is 13.2. The highest BCUT2D eigenvalue weighted by Gasteiger charge is 2.13. The quantitative estimate of drug-likeness (QED) is 0.479. The van der Waals surface area contributed by atoms with Crippen molar-refractivity contribution in [3.8, 4) is 0 Å². The summed E-state index contributed by atoms with van der Waals surface area (Å²) in [5.74, 6) is -0.773. The number of nitrogens with one attached hydrogen (secondary N) is 1. The van der Waals surface area contributed by atoms with Gasteiger partial charge in [0.25, 0.3) is 6.29 Å². The summed E-state index contributed by atoms with van der Waals surface area (Å²) in [6.45, 7) is 1.04. The Balaban J connectivity index is 2.67. The lowest BCUT2D eigenvalue weighted by Crippen LogP contribution is -2.25. The number of methoxy groups -OCH3 is 1. The van der Waals surface area contributed by atoms with Crippen LogP contribution < -0.4 is 4.72 Å². The molecule has 8 nitrogen and oxygen atoms in total. The molecule has 1 unspecified atom stereocenters. The number of carbonyl (C=O) groups excluding carboxylic acids is 1. The third-order valence-corrected chi connectivity index (χ3v) is 2.67. The first-order valence-electron chi connectivity index (χ1n) is 5.14. The minimum Gasteiger partial charge on any atom is -0.341 e. The van der Waals surface area contributed by atoms with Gasteiger partial charge in [0.15, 0.2) is 0 Å². The first kappa shape index (κ1) is 15.1. The minimum atomic E-state index is -4.19. The molecule has 9 heteroatoms. The van der Waals surface area contributed by atoms with Gasteiger partial charge < -0.3 is 9.57 Å². The molecule has 0 heterocycles. The smallest absolute Gasteiger partial charge is 0.341 e. The summed E-state index contributed by atoms with van der Waals surface area (Å²) in [5, 5.41) is 3.04. The Morgan fingerprint density at radius 3 is 2.47 bits per heavy atom. The lowest BCUT2D eigenvalue weighted by molar-refractivity contribution is -0.133. The lowest BCUT2D eigenvalue weighted by atomic mass is 10.2. The van der Waals surface area contributed by atoms with Crippen LogP contribution in [0.5, 0.6) is 0 Å². The predicted molar refractivity (Wildman–Crippen MR) is 64.9 cm³/mol. The molecule has 0 radical (unpaired) electrons. The lowest BCUT2D eigenvalue weighted by Gasteiger charge is -2.11. The van der Waals surface area contributed by atoms with Crippen LogP contribution in [0.4, 0.5) is 0 Å². The van der Waals surface area contributed by atoms with Crippen LogP contribution in [0.3, 0.4) is 0 Å². The first-order valence-corrected chi connectivity index (χ1v) is 6.58. The van der Waals surface area contributed by atoms with Gasteiger partial charge in [-0.1, -0.05) is 30.3 Å². The molecule has 0 spiro atoms. The Labute approximate surface area is 110 Å². The molecule has 0 fully saturated rings. The highest BCUT2D eigenvalue weighted by atomic mass is 32.2. The molecule has 1 N–H and O–H groups in total. The zero-order valence-corrected chi connectivity index (χ0v) is 11.1. The van der Waals surface area contributed by atoms with Crippen LogP contribution in [0.15, 0.2) is 40.1 Å². The van der Waals surface area contributed by atoms with Gasteiger partial charge in [0, 0.05) is 24.9 Å². The number of rotatable bonds is 6. The average molecular weight is 287 g/mol. The maximum Gasteiger partial charge on any atom is 0.364 e. The van der Waals surface area contributed by atoms with Crippen molar-refractivity contribution in [3.63, 3.8) is 0 Å². The monoisotopic (exact) mass is 287 g/mol. The summed E-state index contributed by atoms with van der Waals surface area (Å²) in [6, 6.07) is 8.75. The van der Waals surface area contributed by atoms with E-state index in [2.05, 4.69) is 9.80 Å². The summed E-state index contributed by atoms with van der Waals surface area (Å²) in [5.41, 5.74) is 0.640. The highest BCUT2D eigenvalue weighted by molar-refractivity contribution is 7.88. The van der Waals surface area contributed by atoms with E-state index in [9.17, 15) is 13.2 Å². The maximum absolute atomic E-state index is 11.1. The largest absolute Gasteiger partial charge is 0.364 e. The van der Waals surface area contributed by atoms with Gasteiger partial charge in [0.1, 0.15) is 0 Å². The molecule has 0 aliphatic carbocycles. The third-order valence-electron chi connectivity index (χ3n) is 1.84. The number of carbonyl (C=O) groups is 1. The van der Waals surface area contributed by atoms with E-state index >= 15 is 0 Å². The van der Waals surface area contributed by atoms with E-state index in [1.54, 1.807) is 35.1 Å². The van der Waals surface area contributed by atoms with Crippen molar-refractivity contribution in [2.45, 2.75) is 13.2 Å². The number of ether oxygens (including phenoxy) is 1. The van der Waals surface area contributed by atoms with Crippen molar-refractivity contribution in [2.24, 2.45) is 9.80 Å². The van der Waals surface area contributed by atoms with E-state index in [0.29, 0.717) is 5.56 Å². The Bertz CT molecular complexity index is 544. The standard InChI is InChI=1S/C10H13N3O5S/c1-8(14)11-19(15,16)13-12-18-10(17-2)9-6-4-3-5-7-9/h3-7,10H,1-2H3,(H,11,14). The van der Waals surface area contributed by atoms with Crippen molar-refractivity contribution in [1.29, 1.82) is 0 Å². The zero-order valence-electron chi connectivity index (χ0n) is 10.3. The van der Waals surface area contributed by atoms with Crippen molar-refractivity contribution in [2.75, 3.05) is 7.11 Å². The fourth-order valence-electron chi connectivity index (χ4n) is 1.16. The molecule has 0 saturated carbocycles. The van der Waals surface area contributed by atoms with Crippen molar-refractivity contribution < 1.29 is 22.8 Å². The van der Waals surface area contributed by atoms with Gasteiger partial charge in [-0.2, -0.15) is 8.42 Å². The van der Waals surface area contributed by atoms with Crippen molar-refractivity contribution in [3.05, 3.63) is 35.9 Å². The summed E-state index contributed by atoms with van der Waals surface area (Å²) >= 11 is 0. The minimum absolute atomic E-state index is 0.640. The van der Waals surface area contributed by atoms with Gasteiger partial charge >= 0.3 is 10.2 Å². The number of amides is 1. The van der Waals surface area contributed by atoms with E-state index in [1.165, 1.54) is 7.11 Å². The van der Waals surface area contributed by atoms with Crippen LogP contribution in [0.1, 0.15) is 18.8 Å². The summed E-state index contributed by atoms with van der Waals surface area (Å²) < 4.78 is 31.7. The summed E-state index contributed by atoms with van der Waals surface area (Å²) in [6.07, 6.45) is -0.891. The molecule has 104 valence electrons. The van der Waals surface area contributed by atoms with Gasteiger partial charge in [-0.25, -0.2) is 4.72 Å². The summed E-state index contributed by atoms with van der Waals surface area (Å²) in [7, 11) is -2.82. The van der Waals surface area contributed by atoms with Crippen LogP contribution in [-0.4, -0.2) is 21.4 Å². The average Bonchev–Trinajstić information content (AvgIpc) is 2.34. The Hall–Kier alpha value is -2.00. The maximum atomic E-state index is 11.1. The molecule has 1 aromatic rings. The van der Waals surface area contributed by atoms with E-state index < -0.39 is 22.4 Å². The fraction of sp³-hybridized carbons (Fsp3) is 0.300. The number of nitrogens with zero attached hydrogens (tertiary/aromatic N) is 2. The highest BCUT2D eigenvalue weighted by Crippen LogP contribution is 2.17. The molecular weight excluding hydrogens is 274 g/mol. The topological polar surface area (TPSA) is 106 Å². The van der Waals surface area contributed by atoms with Crippen LogP contribution in [-0.2, 0) is 24.6 Å². The van der Waals surface area contributed by atoms with E-state index in [-0.39, 0.29) is 0 Å². The van der Waals surface area contributed by atoms with E-state index in [4.69, 9.17) is 9.57 Å². The summed E-state index contributed by atoms with van der Waals surface area (Å²) in [4.78, 5) is 15.4. The Morgan fingerprint density at radius 2 is 1.95 bits per heavy atom. The molecule has 1 rings (SSSR count). The number of hydrogen-bond acceptors (Lipinski definition) is 6. The van der Waals surface area contributed by atoms with Crippen LogP contribution in [0.2, 0.25) is 0 Å². The second kappa shape index (κ2) is 6.81. The van der Waals surface area contributed by atoms with Gasteiger partial charge in [-0.05, 0) is 4.52 Å². The number of benzene rings is 1. The van der Waals surface area contributed by atoms with Crippen molar-refractivity contribution in [1.82, 2.24) is 4.72 Å². The van der Waals surface area contributed by atoms with Crippen LogP contribution >= 0.6 is 0 Å². The molecule has 0 aliphatic heterocycles. The zero-order chi connectivity index (χ0) is 14.3. The molecule has 19 heavy (non-hydrogen) atoms. The molecule has 1 atom stereocenters. The molecule has 0 bridgehead atoms. The molecule has 0 aromatic heterocycles. The predicted octanol–water partition coefficient (Wildman–Crippen LogP) is 1.10. The molecular formula is C10H13N3O5S.